The molecule has 2 aromatic carbocycles. The van der Waals surface area contributed by atoms with Crippen LogP contribution in [0.25, 0.3) is 11.3 Å². The van der Waals surface area contributed by atoms with E-state index in [1.54, 1.807) is 6.07 Å². The lowest BCUT2D eigenvalue weighted by atomic mass is 10.1. The van der Waals surface area contributed by atoms with Gasteiger partial charge in [-0.05, 0) is 12.1 Å². The molecule has 3 aromatic rings. The van der Waals surface area contributed by atoms with Crippen molar-refractivity contribution < 1.29 is 17.5 Å². The summed E-state index contributed by atoms with van der Waals surface area (Å²) in [6.07, 6.45) is 0. The zero-order chi connectivity index (χ0) is 21.1. The molecule has 0 bridgehead atoms. The first-order chi connectivity index (χ1) is 14.4. The maximum absolute atomic E-state index is 14.1. The molecule has 2 heterocycles. The summed E-state index contributed by atoms with van der Waals surface area (Å²) >= 11 is 0. The monoisotopic (exact) mass is 428 g/mol. The van der Waals surface area contributed by atoms with Crippen LogP contribution < -0.4 is 15.0 Å². The van der Waals surface area contributed by atoms with Crippen molar-refractivity contribution in [2.45, 2.75) is 0 Å². The van der Waals surface area contributed by atoms with Crippen molar-refractivity contribution in [2.75, 3.05) is 41.9 Å². The second-order valence-electron chi connectivity index (χ2n) is 6.91. The van der Waals surface area contributed by atoms with Crippen LogP contribution in [0, 0.1) is 5.82 Å². The summed E-state index contributed by atoms with van der Waals surface area (Å²) < 4.78 is 42.6. The Morgan fingerprint density at radius 2 is 1.77 bits per heavy atom. The van der Waals surface area contributed by atoms with Gasteiger partial charge in [-0.2, -0.15) is 4.98 Å². The number of nitrogens with zero attached hydrogens (tertiary/aromatic N) is 3. The van der Waals surface area contributed by atoms with E-state index in [9.17, 15) is 12.8 Å². The molecule has 9 heteroatoms. The number of nitrogens with one attached hydrogen (secondary N) is 1. The van der Waals surface area contributed by atoms with Gasteiger partial charge in [-0.3, -0.25) is 0 Å². The number of aromatic nitrogens is 2. The Morgan fingerprint density at radius 3 is 2.43 bits per heavy atom. The molecule has 156 valence electrons. The van der Waals surface area contributed by atoms with Crippen LogP contribution in [0.1, 0.15) is 0 Å². The van der Waals surface area contributed by atoms with Crippen molar-refractivity contribution in [3.8, 4) is 17.0 Å². The molecular formula is C21H21FN4O3S. The van der Waals surface area contributed by atoms with Gasteiger partial charge in [0.1, 0.15) is 5.82 Å². The van der Waals surface area contributed by atoms with Gasteiger partial charge in [-0.1, -0.05) is 30.3 Å². The first-order valence-corrected chi connectivity index (χ1v) is 11.3. The number of anilines is 3. The van der Waals surface area contributed by atoms with Crippen LogP contribution in [-0.4, -0.2) is 50.1 Å². The molecule has 0 amide bonds. The highest BCUT2D eigenvalue weighted by Crippen LogP contribution is 2.27. The molecule has 1 aliphatic rings. The molecule has 30 heavy (non-hydrogen) atoms. The van der Waals surface area contributed by atoms with E-state index in [1.807, 2.05) is 41.3 Å². The van der Waals surface area contributed by atoms with Gasteiger partial charge in [0.05, 0.1) is 24.3 Å². The third-order valence-corrected chi connectivity index (χ3v) is 6.47. The minimum atomic E-state index is -3.01. The maximum atomic E-state index is 14.1. The fourth-order valence-electron chi connectivity index (χ4n) is 3.22. The van der Waals surface area contributed by atoms with E-state index in [1.165, 1.54) is 19.2 Å². The van der Waals surface area contributed by atoms with E-state index in [4.69, 9.17) is 4.74 Å². The Hall–Kier alpha value is -3.20. The van der Waals surface area contributed by atoms with E-state index < -0.39 is 15.7 Å². The van der Waals surface area contributed by atoms with Gasteiger partial charge in [-0.15, -0.1) is 0 Å². The molecule has 1 fully saturated rings. The van der Waals surface area contributed by atoms with Gasteiger partial charge in [0, 0.05) is 36.5 Å². The summed E-state index contributed by atoms with van der Waals surface area (Å²) in [7, 11) is -1.60. The molecule has 0 spiro atoms. The number of hydrogen-bond acceptors (Lipinski definition) is 7. The fourth-order valence-corrected chi connectivity index (χ4v) is 4.43. The van der Waals surface area contributed by atoms with Gasteiger partial charge < -0.3 is 15.0 Å². The van der Waals surface area contributed by atoms with Crippen LogP contribution >= 0.6 is 0 Å². The summed E-state index contributed by atoms with van der Waals surface area (Å²) in [5.41, 5.74) is 2.06. The SMILES string of the molecule is COc1ccc(Nc2nc(-c3ccccc3)cc(N3CCS(=O)(=O)CC3)n2)cc1F. The summed E-state index contributed by atoms with van der Waals surface area (Å²) in [6, 6.07) is 16.0. The second kappa shape index (κ2) is 8.27. The third kappa shape index (κ3) is 4.51. The minimum absolute atomic E-state index is 0.0874. The van der Waals surface area contributed by atoms with E-state index in [0.717, 1.165) is 5.56 Å². The number of hydrogen-bond donors (Lipinski definition) is 1. The largest absolute Gasteiger partial charge is 0.494 e. The van der Waals surface area contributed by atoms with Gasteiger partial charge in [0.15, 0.2) is 21.4 Å². The molecular weight excluding hydrogens is 407 g/mol. The van der Waals surface area contributed by atoms with Crippen molar-refractivity contribution in [3.63, 3.8) is 0 Å². The van der Waals surface area contributed by atoms with Gasteiger partial charge in [-0.25, -0.2) is 17.8 Å². The predicted octanol–water partition coefficient (Wildman–Crippen LogP) is 3.27. The fraction of sp³-hybridized carbons (Fsp3) is 0.238. The van der Waals surface area contributed by atoms with E-state index in [-0.39, 0.29) is 17.3 Å². The predicted molar refractivity (Wildman–Crippen MR) is 115 cm³/mol. The molecule has 1 aliphatic heterocycles. The second-order valence-corrected chi connectivity index (χ2v) is 9.22. The van der Waals surface area contributed by atoms with E-state index >= 15 is 0 Å². The number of rotatable bonds is 5. The Morgan fingerprint density at radius 1 is 1.03 bits per heavy atom. The Balaban J connectivity index is 1.69. The number of sulfone groups is 1. The normalized spacial score (nSPS) is 15.6. The Kier molecular flexibility index (Phi) is 5.54. The summed E-state index contributed by atoms with van der Waals surface area (Å²) in [5.74, 6) is 0.742. The molecule has 0 unspecified atom stereocenters. The van der Waals surface area contributed by atoms with Crippen LogP contribution in [0.15, 0.2) is 54.6 Å². The highest BCUT2D eigenvalue weighted by atomic mass is 32.2. The smallest absolute Gasteiger partial charge is 0.229 e. The van der Waals surface area contributed by atoms with E-state index in [0.29, 0.717) is 36.2 Å². The van der Waals surface area contributed by atoms with Crippen molar-refractivity contribution in [1.82, 2.24) is 9.97 Å². The average Bonchev–Trinajstić information content (AvgIpc) is 2.74. The van der Waals surface area contributed by atoms with Crippen molar-refractivity contribution in [3.05, 3.63) is 60.4 Å². The molecule has 0 radical (unpaired) electrons. The standard InChI is InChI=1S/C21H21FN4O3S/c1-29-19-8-7-16(13-17(19)22)23-21-24-18(15-5-3-2-4-6-15)14-20(25-21)26-9-11-30(27,28)12-10-26/h2-8,13-14H,9-12H2,1H3,(H,23,24,25). The zero-order valence-corrected chi connectivity index (χ0v) is 17.2. The molecule has 1 aromatic heterocycles. The van der Waals surface area contributed by atoms with Crippen molar-refractivity contribution >= 4 is 27.3 Å². The topological polar surface area (TPSA) is 84.4 Å². The van der Waals surface area contributed by atoms with Gasteiger partial charge in [0.2, 0.25) is 5.95 Å². The maximum Gasteiger partial charge on any atom is 0.229 e. The van der Waals surface area contributed by atoms with Crippen LogP contribution in [0.3, 0.4) is 0 Å². The van der Waals surface area contributed by atoms with Crippen LogP contribution in [0.5, 0.6) is 5.75 Å². The molecule has 0 atom stereocenters. The first-order valence-electron chi connectivity index (χ1n) is 9.44. The van der Waals surface area contributed by atoms with E-state index in [2.05, 4.69) is 15.3 Å². The Bertz CT molecular complexity index is 1140. The lowest BCUT2D eigenvalue weighted by molar-refractivity contribution is 0.386. The summed E-state index contributed by atoms with van der Waals surface area (Å²) in [6.45, 7) is 0.731. The average molecular weight is 428 g/mol. The molecule has 0 aliphatic carbocycles. The van der Waals surface area contributed by atoms with Crippen LogP contribution in [0.2, 0.25) is 0 Å². The number of methoxy groups -OCH3 is 1. The minimum Gasteiger partial charge on any atom is -0.494 e. The van der Waals surface area contributed by atoms with Gasteiger partial charge in [0.25, 0.3) is 0 Å². The number of benzene rings is 2. The van der Waals surface area contributed by atoms with Crippen molar-refractivity contribution in [1.29, 1.82) is 0 Å². The van der Waals surface area contributed by atoms with Crippen LogP contribution in [0.4, 0.5) is 21.8 Å². The highest BCUT2D eigenvalue weighted by Gasteiger charge is 2.23. The molecule has 0 saturated carbocycles. The van der Waals surface area contributed by atoms with Gasteiger partial charge >= 0.3 is 0 Å². The van der Waals surface area contributed by atoms with Crippen molar-refractivity contribution in [2.24, 2.45) is 0 Å². The number of halogens is 1. The lowest BCUT2D eigenvalue weighted by Crippen LogP contribution is -2.40. The lowest BCUT2D eigenvalue weighted by Gasteiger charge is -2.28. The summed E-state index contributed by atoms with van der Waals surface area (Å²) in [5, 5.41) is 3.04. The molecule has 1 N–H and O–H groups in total. The Labute approximate surface area is 174 Å². The molecule has 7 nitrogen and oxygen atoms in total. The van der Waals surface area contributed by atoms with Crippen LogP contribution in [-0.2, 0) is 9.84 Å². The molecule has 4 rings (SSSR count). The zero-order valence-electron chi connectivity index (χ0n) is 16.4. The summed E-state index contributed by atoms with van der Waals surface area (Å²) in [4.78, 5) is 11.1. The highest BCUT2D eigenvalue weighted by molar-refractivity contribution is 7.91. The third-order valence-electron chi connectivity index (χ3n) is 4.86. The molecule has 1 saturated heterocycles. The number of ether oxygens (including phenoxy) is 1. The quantitative estimate of drug-likeness (QED) is 0.668. The first kappa shape index (κ1) is 20.1.